The summed E-state index contributed by atoms with van der Waals surface area (Å²) in [6, 6.07) is 2.18. The Morgan fingerprint density at radius 1 is 1.29 bits per heavy atom. The van der Waals surface area contributed by atoms with Crippen LogP contribution in [0.2, 0.25) is 0 Å². The van der Waals surface area contributed by atoms with Crippen LogP contribution in [-0.4, -0.2) is 0 Å². The number of benzene rings is 1. The third kappa shape index (κ3) is 2.43. The highest BCUT2D eigenvalue weighted by Gasteiger charge is 2.31. The quantitative estimate of drug-likeness (QED) is 0.598. The first-order valence-electron chi connectivity index (χ1n) is 3.62. The molecule has 0 radical (unpaired) electrons. The number of hydrogen-bond donors (Lipinski definition) is 1. The van der Waals surface area contributed by atoms with Gasteiger partial charge < -0.3 is 0 Å². The molecule has 0 aliphatic rings. The third-order valence-electron chi connectivity index (χ3n) is 1.62. The fourth-order valence-corrected chi connectivity index (χ4v) is 0.930. The number of halogens is 4. The maximum Gasteiger partial charge on any atom is 0.416 e. The van der Waals surface area contributed by atoms with E-state index in [2.05, 4.69) is 10.7 Å². The zero-order valence-corrected chi connectivity index (χ0v) is 6.94. The second-order valence-corrected chi connectivity index (χ2v) is 2.61. The molecule has 0 heterocycles. The molecule has 0 amide bonds. The van der Waals surface area contributed by atoms with Gasteiger partial charge in [0.2, 0.25) is 0 Å². The minimum atomic E-state index is -4.54. The van der Waals surface area contributed by atoms with Crippen LogP contribution >= 0.6 is 0 Å². The van der Waals surface area contributed by atoms with Gasteiger partial charge in [-0.2, -0.15) is 13.2 Å². The summed E-state index contributed by atoms with van der Waals surface area (Å²) in [7, 11) is 0. The van der Waals surface area contributed by atoms with Crippen LogP contribution in [0.4, 0.5) is 17.6 Å². The Morgan fingerprint density at radius 2 is 1.93 bits per heavy atom. The lowest BCUT2D eigenvalue weighted by molar-refractivity contribution is -0.137. The standard InChI is InChI=1S/C8H7F4NO/c9-7-3-6(8(10,11)12)2-1-5(7)4-14-13/h1-3H,4,13H2. The Balaban J connectivity index is 3.01. The molecule has 14 heavy (non-hydrogen) atoms. The van der Waals surface area contributed by atoms with Gasteiger partial charge in [0, 0.05) is 5.56 Å². The van der Waals surface area contributed by atoms with Crippen molar-refractivity contribution in [2.75, 3.05) is 0 Å². The summed E-state index contributed by atoms with van der Waals surface area (Å²) in [6.07, 6.45) is -4.54. The molecule has 1 rings (SSSR count). The molecule has 0 fully saturated rings. The highest BCUT2D eigenvalue weighted by molar-refractivity contribution is 5.25. The Kier molecular flexibility index (Phi) is 3.07. The van der Waals surface area contributed by atoms with Gasteiger partial charge in [0.05, 0.1) is 12.2 Å². The van der Waals surface area contributed by atoms with Crippen molar-refractivity contribution in [3.63, 3.8) is 0 Å². The number of hydrogen-bond acceptors (Lipinski definition) is 2. The van der Waals surface area contributed by atoms with Crippen LogP contribution in [0.15, 0.2) is 18.2 Å². The molecular weight excluding hydrogens is 202 g/mol. The Bertz CT molecular complexity index is 324. The van der Waals surface area contributed by atoms with Gasteiger partial charge >= 0.3 is 6.18 Å². The van der Waals surface area contributed by atoms with E-state index in [1.54, 1.807) is 0 Å². The highest BCUT2D eigenvalue weighted by Crippen LogP contribution is 2.30. The molecule has 0 aromatic heterocycles. The SMILES string of the molecule is NOCc1ccc(C(F)(F)F)cc1F. The minimum Gasteiger partial charge on any atom is -0.300 e. The highest BCUT2D eigenvalue weighted by atomic mass is 19.4. The molecule has 0 spiro atoms. The fourth-order valence-electron chi connectivity index (χ4n) is 0.930. The minimum absolute atomic E-state index is 0.0134. The lowest BCUT2D eigenvalue weighted by Crippen LogP contribution is -2.07. The van der Waals surface area contributed by atoms with Crippen LogP contribution in [0.3, 0.4) is 0 Å². The molecular formula is C8H7F4NO. The number of alkyl halides is 3. The molecule has 6 heteroatoms. The van der Waals surface area contributed by atoms with E-state index in [4.69, 9.17) is 0 Å². The van der Waals surface area contributed by atoms with Crippen molar-refractivity contribution in [2.24, 2.45) is 5.90 Å². The van der Waals surface area contributed by atoms with Gasteiger partial charge in [-0.15, -0.1) is 0 Å². The normalized spacial score (nSPS) is 11.8. The van der Waals surface area contributed by atoms with Crippen molar-refractivity contribution in [3.05, 3.63) is 35.1 Å². The summed E-state index contributed by atoms with van der Waals surface area (Å²) in [5.41, 5.74) is -1.05. The van der Waals surface area contributed by atoms with E-state index in [0.717, 1.165) is 12.1 Å². The second kappa shape index (κ2) is 3.93. The average molecular weight is 209 g/mol. The lowest BCUT2D eigenvalue weighted by Gasteiger charge is -2.08. The maximum absolute atomic E-state index is 12.9. The molecule has 0 atom stereocenters. The van der Waals surface area contributed by atoms with E-state index in [1.165, 1.54) is 0 Å². The first kappa shape index (κ1) is 10.9. The molecule has 0 saturated carbocycles. The fraction of sp³-hybridized carbons (Fsp3) is 0.250. The molecule has 1 aromatic carbocycles. The van der Waals surface area contributed by atoms with Crippen LogP contribution in [0.5, 0.6) is 0 Å². The second-order valence-electron chi connectivity index (χ2n) is 2.61. The van der Waals surface area contributed by atoms with Gasteiger partial charge in [0.15, 0.2) is 0 Å². The van der Waals surface area contributed by atoms with Gasteiger partial charge in [0.1, 0.15) is 5.82 Å². The molecule has 1 aromatic rings. The largest absolute Gasteiger partial charge is 0.416 e. The van der Waals surface area contributed by atoms with Gasteiger partial charge in [0.25, 0.3) is 0 Å². The van der Waals surface area contributed by atoms with Crippen molar-refractivity contribution in [1.29, 1.82) is 0 Å². The van der Waals surface area contributed by atoms with Crippen molar-refractivity contribution in [2.45, 2.75) is 12.8 Å². The van der Waals surface area contributed by atoms with Crippen LogP contribution in [0.25, 0.3) is 0 Å². The zero-order valence-electron chi connectivity index (χ0n) is 6.94. The third-order valence-corrected chi connectivity index (χ3v) is 1.62. The molecule has 0 bridgehead atoms. The summed E-state index contributed by atoms with van der Waals surface area (Å²) in [5.74, 6) is 3.68. The van der Waals surface area contributed by atoms with Crippen LogP contribution < -0.4 is 5.90 Å². The number of nitrogens with two attached hydrogens (primary N) is 1. The van der Waals surface area contributed by atoms with E-state index < -0.39 is 17.6 Å². The smallest absolute Gasteiger partial charge is 0.300 e. The Hall–Kier alpha value is -1.14. The molecule has 2 nitrogen and oxygen atoms in total. The van der Waals surface area contributed by atoms with Crippen LogP contribution in [0, 0.1) is 5.82 Å². The summed E-state index contributed by atoms with van der Waals surface area (Å²) >= 11 is 0. The molecule has 0 aliphatic heterocycles. The van der Waals surface area contributed by atoms with Crippen molar-refractivity contribution in [3.8, 4) is 0 Å². The Labute approximate surface area is 77.2 Å². The van der Waals surface area contributed by atoms with E-state index in [0.29, 0.717) is 6.07 Å². The molecule has 0 aliphatic carbocycles. The predicted molar refractivity (Wildman–Crippen MR) is 40.4 cm³/mol. The van der Waals surface area contributed by atoms with Gasteiger partial charge in [-0.3, -0.25) is 4.84 Å². The van der Waals surface area contributed by atoms with E-state index in [1.807, 2.05) is 0 Å². The van der Waals surface area contributed by atoms with Crippen LogP contribution in [-0.2, 0) is 17.6 Å². The van der Waals surface area contributed by atoms with E-state index >= 15 is 0 Å². The zero-order chi connectivity index (χ0) is 10.8. The molecule has 2 N–H and O–H groups in total. The van der Waals surface area contributed by atoms with E-state index in [-0.39, 0.29) is 12.2 Å². The van der Waals surface area contributed by atoms with Crippen molar-refractivity contribution < 1.29 is 22.4 Å². The lowest BCUT2D eigenvalue weighted by atomic mass is 10.1. The Morgan fingerprint density at radius 3 is 2.36 bits per heavy atom. The first-order valence-corrected chi connectivity index (χ1v) is 3.62. The first-order chi connectivity index (χ1) is 6.45. The maximum atomic E-state index is 12.9. The summed E-state index contributed by atoms with van der Waals surface area (Å²) < 4.78 is 49.1. The molecule has 78 valence electrons. The molecule has 0 unspecified atom stereocenters. The van der Waals surface area contributed by atoms with Gasteiger partial charge in [-0.25, -0.2) is 10.3 Å². The van der Waals surface area contributed by atoms with Crippen molar-refractivity contribution >= 4 is 0 Å². The molecule has 0 saturated heterocycles. The average Bonchev–Trinajstić information content (AvgIpc) is 2.07. The summed E-state index contributed by atoms with van der Waals surface area (Å²) in [4.78, 5) is 4.11. The number of rotatable bonds is 2. The van der Waals surface area contributed by atoms with Gasteiger partial charge in [-0.1, -0.05) is 6.07 Å². The topological polar surface area (TPSA) is 35.2 Å². The van der Waals surface area contributed by atoms with Crippen molar-refractivity contribution in [1.82, 2.24) is 0 Å². The van der Waals surface area contributed by atoms with Crippen LogP contribution in [0.1, 0.15) is 11.1 Å². The summed E-state index contributed by atoms with van der Waals surface area (Å²) in [6.45, 7) is -0.260. The van der Waals surface area contributed by atoms with E-state index in [9.17, 15) is 17.6 Å². The summed E-state index contributed by atoms with van der Waals surface area (Å²) in [5, 5.41) is 0. The monoisotopic (exact) mass is 209 g/mol. The predicted octanol–water partition coefficient (Wildman–Crippen LogP) is 2.23. The van der Waals surface area contributed by atoms with Gasteiger partial charge in [-0.05, 0) is 12.1 Å².